The first kappa shape index (κ1) is 16.8. The molecule has 126 valence electrons. The van der Waals surface area contributed by atoms with Crippen LogP contribution in [0.4, 0.5) is 5.69 Å². The fourth-order valence-corrected chi connectivity index (χ4v) is 3.32. The first-order valence-corrected chi connectivity index (χ1v) is 8.37. The first-order chi connectivity index (χ1) is 12.0. The number of thioether (sulfide) groups is 1. The largest absolute Gasteiger partial charge is 0.366 e. The Morgan fingerprint density at radius 1 is 1.20 bits per heavy atom. The van der Waals surface area contributed by atoms with Gasteiger partial charge >= 0.3 is 0 Å². The predicted octanol–water partition coefficient (Wildman–Crippen LogP) is 3.24. The fraction of sp³-hybridized carbons (Fsp3) is 0.118. The Morgan fingerprint density at radius 3 is 2.52 bits per heavy atom. The standard InChI is InChI=1S/C17H14N4O3S/c1-10-17(20-14-5-3-2-4-13(14)19-10)25-9-12-7-6-11(16(18)22)8-15(12)21(23)24/h2-8H,9H2,1H3,(H2,18,22). The molecule has 3 rings (SSSR count). The van der Waals surface area contributed by atoms with Crippen LogP contribution >= 0.6 is 11.8 Å². The van der Waals surface area contributed by atoms with Crippen LogP contribution in [0.15, 0.2) is 47.5 Å². The molecule has 0 fully saturated rings. The van der Waals surface area contributed by atoms with Crippen molar-refractivity contribution < 1.29 is 9.72 Å². The molecule has 7 nitrogen and oxygen atoms in total. The first-order valence-electron chi connectivity index (χ1n) is 7.39. The van der Waals surface area contributed by atoms with Crippen molar-refractivity contribution in [3.05, 3.63) is 69.4 Å². The number of aromatic nitrogens is 2. The van der Waals surface area contributed by atoms with E-state index in [0.29, 0.717) is 16.3 Å². The van der Waals surface area contributed by atoms with E-state index in [-0.39, 0.29) is 11.3 Å². The van der Waals surface area contributed by atoms with Crippen molar-refractivity contribution in [1.29, 1.82) is 0 Å². The second kappa shape index (κ2) is 6.86. The second-order valence-electron chi connectivity index (χ2n) is 5.36. The molecule has 2 N–H and O–H groups in total. The van der Waals surface area contributed by atoms with E-state index in [0.717, 1.165) is 16.7 Å². The molecule has 0 aliphatic heterocycles. The van der Waals surface area contributed by atoms with E-state index in [1.165, 1.54) is 23.9 Å². The normalized spacial score (nSPS) is 10.8. The molecule has 0 saturated heterocycles. The molecule has 25 heavy (non-hydrogen) atoms. The highest BCUT2D eigenvalue weighted by molar-refractivity contribution is 7.98. The van der Waals surface area contributed by atoms with Gasteiger partial charge in [0.15, 0.2) is 0 Å². The van der Waals surface area contributed by atoms with Gasteiger partial charge in [-0.25, -0.2) is 9.97 Å². The summed E-state index contributed by atoms with van der Waals surface area (Å²) in [6, 6.07) is 11.8. The number of nitrogens with zero attached hydrogens (tertiary/aromatic N) is 3. The number of nitro benzene ring substituents is 1. The molecule has 1 aromatic heterocycles. The highest BCUT2D eigenvalue weighted by Gasteiger charge is 2.17. The summed E-state index contributed by atoms with van der Waals surface area (Å²) in [5, 5.41) is 12.0. The van der Waals surface area contributed by atoms with Crippen molar-refractivity contribution >= 4 is 34.4 Å². The number of hydrogen-bond acceptors (Lipinski definition) is 6. The summed E-state index contributed by atoms with van der Waals surface area (Å²) in [5.74, 6) is -0.359. The van der Waals surface area contributed by atoms with Crippen LogP contribution in [0.2, 0.25) is 0 Å². The van der Waals surface area contributed by atoms with Crippen LogP contribution in [0.5, 0.6) is 0 Å². The maximum absolute atomic E-state index is 11.3. The number of benzene rings is 2. The van der Waals surface area contributed by atoms with Gasteiger partial charge in [-0.1, -0.05) is 30.0 Å². The number of primary amides is 1. The van der Waals surface area contributed by atoms with Gasteiger partial charge in [0.05, 0.1) is 21.7 Å². The molecular formula is C17H14N4O3S. The average molecular weight is 354 g/mol. The summed E-state index contributed by atoms with van der Waals surface area (Å²) in [6.45, 7) is 1.85. The molecule has 0 aliphatic carbocycles. The van der Waals surface area contributed by atoms with E-state index in [9.17, 15) is 14.9 Å². The third-order valence-corrected chi connectivity index (χ3v) is 4.75. The van der Waals surface area contributed by atoms with Crippen molar-refractivity contribution in [3.63, 3.8) is 0 Å². The summed E-state index contributed by atoms with van der Waals surface area (Å²) in [5.41, 5.74) is 8.01. The number of nitrogens with two attached hydrogens (primary N) is 1. The number of carbonyl (C=O) groups is 1. The molecule has 0 spiro atoms. The van der Waals surface area contributed by atoms with E-state index in [1.807, 2.05) is 31.2 Å². The van der Waals surface area contributed by atoms with Crippen LogP contribution in [-0.2, 0) is 5.75 Å². The fourth-order valence-electron chi connectivity index (χ4n) is 2.36. The zero-order valence-electron chi connectivity index (χ0n) is 13.3. The second-order valence-corrected chi connectivity index (χ2v) is 6.32. The number of carbonyl (C=O) groups excluding carboxylic acids is 1. The zero-order chi connectivity index (χ0) is 18.0. The Morgan fingerprint density at radius 2 is 1.88 bits per heavy atom. The molecule has 0 saturated carbocycles. The number of fused-ring (bicyclic) bond motifs is 1. The lowest BCUT2D eigenvalue weighted by molar-refractivity contribution is -0.385. The van der Waals surface area contributed by atoms with Gasteiger partial charge in [-0.15, -0.1) is 0 Å². The summed E-state index contributed by atoms with van der Waals surface area (Å²) < 4.78 is 0. The van der Waals surface area contributed by atoms with E-state index in [2.05, 4.69) is 9.97 Å². The van der Waals surface area contributed by atoms with Gasteiger partial charge in [0.2, 0.25) is 5.91 Å². The zero-order valence-corrected chi connectivity index (χ0v) is 14.1. The van der Waals surface area contributed by atoms with Gasteiger partial charge in [-0.05, 0) is 25.1 Å². The van der Waals surface area contributed by atoms with Crippen molar-refractivity contribution in [3.8, 4) is 0 Å². The number of rotatable bonds is 5. The van der Waals surface area contributed by atoms with Gasteiger partial charge in [-0.3, -0.25) is 14.9 Å². The highest BCUT2D eigenvalue weighted by atomic mass is 32.2. The van der Waals surface area contributed by atoms with E-state index in [4.69, 9.17) is 5.73 Å². The van der Waals surface area contributed by atoms with Crippen molar-refractivity contribution in [2.45, 2.75) is 17.7 Å². The third-order valence-electron chi connectivity index (χ3n) is 3.63. The molecule has 0 bridgehead atoms. The smallest absolute Gasteiger partial charge is 0.274 e. The number of nitro groups is 1. The Hall–Kier alpha value is -3.00. The topological polar surface area (TPSA) is 112 Å². The highest BCUT2D eigenvalue weighted by Crippen LogP contribution is 2.30. The minimum atomic E-state index is -0.696. The summed E-state index contributed by atoms with van der Waals surface area (Å²) in [4.78, 5) is 31.0. The minimum Gasteiger partial charge on any atom is -0.366 e. The van der Waals surface area contributed by atoms with E-state index in [1.54, 1.807) is 6.07 Å². The van der Waals surface area contributed by atoms with Crippen LogP contribution in [0.25, 0.3) is 11.0 Å². The van der Waals surface area contributed by atoms with Gasteiger partial charge in [0, 0.05) is 22.9 Å². The molecule has 0 atom stereocenters. The van der Waals surface area contributed by atoms with Crippen molar-refractivity contribution in [1.82, 2.24) is 9.97 Å². The summed E-state index contributed by atoms with van der Waals surface area (Å²) >= 11 is 1.37. The molecule has 1 heterocycles. The molecule has 0 unspecified atom stereocenters. The van der Waals surface area contributed by atoms with Gasteiger partial charge in [-0.2, -0.15) is 0 Å². The maximum atomic E-state index is 11.3. The van der Waals surface area contributed by atoms with Crippen LogP contribution in [0.3, 0.4) is 0 Å². The summed E-state index contributed by atoms with van der Waals surface area (Å²) in [7, 11) is 0. The van der Waals surface area contributed by atoms with Gasteiger partial charge in [0.1, 0.15) is 5.03 Å². The third kappa shape index (κ3) is 3.58. The Balaban J connectivity index is 1.90. The van der Waals surface area contributed by atoms with Crippen LogP contribution < -0.4 is 5.73 Å². The average Bonchev–Trinajstić information content (AvgIpc) is 2.59. The number of hydrogen-bond donors (Lipinski definition) is 1. The lowest BCUT2D eigenvalue weighted by Crippen LogP contribution is -2.11. The molecule has 3 aromatic rings. The lowest BCUT2D eigenvalue weighted by Gasteiger charge is -2.07. The predicted molar refractivity (Wildman–Crippen MR) is 95.5 cm³/mol. The van der Waals surface area contributed by atoms with Gasteiger partial charge < -0.3 is 5.73 Å². The van der Waals surface area contributed by atoms with Gasteiger partial charge in [0.25, 0.3) is 5.69 Å². The SMILES string of the molecule is Cc1nc2ccccc2nc1SCc1ccc(C(N)=O)cc1[N+](=O)[O-]. The monoisotopic (exact) mass is 354 g/mol. The summed E-state index contributed by atoms with van der Waals surface area (Å²) in [6.07, 6.45) is 0. The maximum Gasteiger partial charge on any atom is 0.274 e. The number of aryl methyl sites for hydroxylation is 1. The van der Waals surface area contributed by atoms with E-state index < -0.39 is 10.8 Å². The molecule has 0 radical (unpaired) electrons. The van der Waals surface area contributed by atoms with Crippen molar-refractivity contribution in [2.75, 3.05) is 0 Å². The minimum absolute atomic E-state index is 0.113. The van der Waals surface area contributed by atoms with E-state index >= 15 is 0 Å². The molecule has 0 aliphatic rings. The quantitative estimate of drug-likeness (QED) is 0.427. The lowest BCUT2D eigenvalue weighted by atomic mass is 10.1. The Bertz CT molecular complexity index is 991. The van der Waals surface area contributed by atoms with Crippen LogP contribution in [-0.4, -0.2) is 20.8 Å². The Kier molecular flexibility index (Phi) is 4.62. The van der Waals surface area contributed by atoms with Crippen LogP contribution in [0.1, 0.15) is 21.6 Å². The molecule has 2 aromatic carbocycles. The molecular weight excluding hydrogens is 340 g/mol. The van der Waals surface area contributed by atoms with Crippen molar-refractivity contribution in [2.24, 2.45) is 5.73 Å². The molecule has 8 heteroatoms. The molecule has 1 amide bonds. The van der Waals surface area contributed by atoms with Crippen LogP contribution in [0, 0.1) is 17.0 Å². The Labute approximate surface area is 147 Å². The number of amides is 1. The number of para-hydroxylation sites is 2.